The Morgan fingerprint density at radius 1 is 1.50 bits per heavy atom. The van der Waals surface area contributed by atoms with Gasteiger partial charge < -0.3 is 0 Å². The molecule has 70 valence electrons. The van der Waals surface area contributed by atoms with Crippen molar-refractivity contribution >= 4 is 53.3 Å². The lowest BCUT2D eigenvalue weighted by Gasteiger charge is -2.03. The third-order valence-corrected chi connectivity index (χ3v) is 4.26. The van der Waals surface area contributed by atoms with Gasteiger partial charge in [-0.3, -0.25) is 0 Å². The summed E-state index contributed by atoms with van der Waals surface area (Å²) in [5, 5.41) is 12.9. The van der Waals surface area contributed by atoms with Crippen molar-refractivity contribution in [3.05, 3.63) is 33.1 Å². The van der Waals surface area contributed by atoms with Crippen molar-refractivity contribution in [2.45, 2.75) is 5.33 Å². The SMILES string of the molecule is N#Cc1cc(Br)c(CBr)c2ccsc12. The van der Waals surface area contributed by atoms with Crippen LogP contribution < -0.4 is 0 Å². The van der Waals surface area contributed by atoms with Gasteiger partial charge in [-0.1, -0.05) is 31.9 Å². The van der Waals surface area contributed by atoms with E-state index in [2.05, 4.69) is 44.0 Å². The molecule has 2 rings (SSSR count). The standard InChI is InChI=1S/C10H5Br2NS/c11-4-8-7-1-2-14-10(7)6(5-13)3-9(8)12/h1-3H,4H2. The molecule has 2 aromatic rings. The van der Waals surface area contributed by atoms with E-state index in [1.54, 1.807) is 11.3 Å². The maximum Gasteiger partial charge on any atom is 0.101 e. The molecule has 0 atom stereocenters. The van der Waals surface area contributed by atoms with Crippen LogP contribution in [0.5, 0.6) is 0 Å². The fraction of sp³-hybridized carbons (Fsp3) is 0.100. The van der Waals surface area contributed by atoms with Crippen molar-refractivity contribution in [1.29, 1.82) is 5.26 Å². The average Bonchev–Trinajstić information content (AvgIpc) is 2.65. The van der Waals surface area contributed by atoms with E-state index < -0.39 is 0 Å². The molecule has 0 saturated carbocycles. The lowest BCUT2D eigenvalue weighted by Crippen LogP contribution is -1.84. The van der Waals surface area contributed by atoms with Gasteiger partial charge in [0.1, 0.15) is 6.07 Å². The van der Waals surface area contributed by atoms with Crippen LogP contribution in [0.2, 0.25) is 0 Å². The van der Waals surface area contributed by atoms with E-state index in [4.69, 9.17) is 5.26 Å². The Labute approximate surface area is 103 Å². The zero-order valence-electron chi connectivity index (χ0n) is 7.05. The third-order valence-electron chi connectivity index (χ3n) is 2.05. The summed E-state index contributed by atoms with van der Waals surface area (Å²) in [6.45, 7) is 0. The van der Waals surface area contributed by atoms with Crippen molar-refractivity contribution in [2.24, 2.45) is 0 Å². The van der Waals surface area contributed by atoms with Crippen LogP contribution in [0.1, 0.15) is 11.1 Å². The highest BCUT2D eigenvalue weighted by atomic mass is 79.9. The van der Waals surface area contributed by atoms with E-state index in [-0.39, 0.29) is 0 Å². The number of thiophene rings is 1. The predicted molar refractivity (Wildman–Crippen MR) is 66.9 cm³/mol. The van der Waals surface area contributed by atoms with E-state index in [0.29, 0.717) is 0 Å². The van der Waals surface area contributed by atoms with Crippen LogP contribution in [0.25, 0.3) is 10.1 Å². The quantitative estimate of drug-likeness (QED) is 0.709. The molecule has 0 unspecified atom stereocenters. The van der Waals surface area contributed by atoms with E-state index in [0.717, 1.165) is 25.5 Å². The highest BCUT2D eigenvalue weighted by Crippen LogP contribution is 2.34. The summed E-state index contributed by atoms with van der Waals surface area (Å²) in [6, 6.07) is 6.16. The molecular formula is C10H5Br2NS. The summed E-state index contributed by atoms with van der Waals surface area (Å²) in [7, 11) is 0. The predicted octanol–water partition coefficient (Wildman–Crippen LogP) is 4.43. The van der Waals surface area contributed by atoms with Gasteiger partial charge >= 0.3 is 0 Å². The van der Waals surface area contributed by atoms with Crippen molar-refractivity contribution in [1.82, 2.24) is 0 Å². The van der Waals surface area contributed by atoms with Gasteiger partial charge in [-0.25, -0.2) is 0 Å². The summed E-state index contributed by atoms with van der Waals surface area (Å²) >= 11 is 8.54. The third kappa shape index (κ3) is 1.50. The van der Waals surface area contributed by atoms with E-state index >= 15 is 0 Å². The van der Waals surface area contributed by atoms with Gasteiger partial charge in [-0.15, -0.1) is 11.3 Å². The van der Waals surface area contributed by atoms with E-state index in [1.165, 1.54) is 5.56 Å². The first-order chi connectivity index (χ1) is 6.77. The van der Waals surface area contributed by atoms with E-state index in [1.807, 2.05) is 11.4 Å². The van der Waals surface area contributed by atoms with Gasteiger partial charge in [0.15, 0.2) is 0 Å². The Morgan fingerprint density at radius 2 is 2.29 bits per heavy atom. The summed E-state index contributed by atoms with van der Waals surface area (Å²) in [4.78, 5) is 0. The molecule has 0 spiro atoms. The van der Waals surface area contributed by atoms with Crippen LogP contribution in [-0.2, 0) is 5.33 Å². The number of rotatable bonds is 1. The number of alkyl halides is 1. The Morgan fingerprint density at radius 3 is 2.93 bits per heavy atom. The fourth-order valence-corrected chi connectivity index (χ4v) is 3.84. The molecule has 1 heterocycles. The molecule has 0 aliphatic carbocycles. The van der Waals surface area contributed by atoms with Crippen LogP contribution in [0.3, 0.4) is 0 Å². The Balaban J connectivity index is 2.90. The second-order valence-electron chi connectivity index (χ2n) is 2.79. The molecule has 0 amide bonds. The molecular weight excluding hydrogens is 326 g/mol. The maximum absolute atomic E-state index is 8.97. The van der Waals surface area contributed by atoms with Crippen molar-refractivity contribution in [3.8, 4) is 6.07 Å². The first-order valence-electron chi connectivity index (χ1n) is 3.92. The number of hydrogen-bond donors (Lipinski definition) is 0. The Kier molecular flexibility index (Phi) is 2.91. The molecule has 1 nitrogen and oxygen atoms in total. The molecule has 0 fully saturated rings. The minimum Gasteiger partial charge on any atom is -0.192 e. The number of nitriles is 1. The highest BCUT2D eigenvalue weighted by Gasteiger charge is 2.10. The van der Waals surface area contributed by atoms with Gasteiger partial charge in [0.25, 0.3) is 0 Å². The maximum atomic E-state index is 8.97. The lowest BCUT2D eigenvalue weighted by molar-refractivity contribution is 1.44. The number of fused-ring (bicyclic) bond motifs is 1. The van der Waals surface area contributed by atoms with Gasteiger partial charge in [0, 0.05) is 9.80 Å². The zero-order chi connectivity index (χ0) is 10.1. The largest absolute Gasteiger partial charge is 0.192 e. The minimum absolute atomic E-state index is 0.742. The first-order valence-corrected chi connectivity index (χ1v) is 6.72. The van der Waals surface area contributed by atoms with Crippen molar-refractivity contribution < 1.29 is 0 Å². The van der Waals surface area contributed by atoms with Crippen molar-refractivity contribution in [2.75, 3.05) is 0 Å². The fourth-order valence-electron chi connectivity index (χ4n) is 1.38. The summed E-state index contributed by atoms with van der Waals surface area (Å²) in [5.74, 6) is 0. The van der Waals surface area contributed by atoms with Crippen LogP contribution in [0, 0.1) is 11.3 Å². The number of nitrogens with zero attached hydrogens (tertiary/aromatic N) is 1. The molecule has 0 radical (unpaired) electrons. The molecule has 0 bridgehead atoms. The highest BCUT2D eigenvalue weighted by molar-refractivity contribution is 9.10. The summed E-state index contributed by atoms with van der Waals surface area (Å²) in [5.41, 5.74) is 1.95. The normalized spacial score (nSPS) is 10.4. The average molecular weight is 331 g/mol. The van der Waals surface area contributed by atoms with Crippen LogP contribution in [-0.4, -0.2) is 0 Å². The summed E-state index contributed by atoms with van der Waals surface area (Å²) in [6.07, 6.45) is 0. The molecule has 0 aliphatic rings. The molecule has 1 aromatic heterocycles. The zero-order valence-corrected chi connectivity index (χ0v) is 11.0. The van der Waals surface area contributed by atoms with Gasteiger partial charge in [0.05, 0.1) is 10.3 Å². The number of benzene rings is 1. The minimum atomic E-state index is 0.742. The smallest absolute Gasteiger partial charge is 0.101 e. The molecule has 14 heavy (non-hydrogen) atoms. The number of halogens is 2. The first kappa shape index (κ1) is 10.2. The van der Waals surface area contributed by atoms with Crippen LogP contribution in [0.4, 0.5) is 0 Å². The molecule has 0 saturated heterocycles. The van der Waals surface area contributed by atoms with Gasteiger partial charge in [-0.2, -0.15) is 5.26 Å². The number of hydrogen-bond acceptors (Lipinski definition) is 2. The Bertz CT molecular complexity index is 525. The van der Waals surface area contributed by atoms with Gasteiger partial charge in [0.2, 0.25) is 0 Å². The molecule has 1 aromatic carbocycles. The lowest BCUT2D eigenvalue weighted by atomic mass is 10.1. The van der Waals surface area contributed by atoms with Crippen LogP contribution in [0.15, 0.2) is 22.0 Å². The van der Waals surface area contributed by atoms with Crippen molar-refractivity contribution in [3.63, 3.8) is 0 Å². The molecule has 0 aliphatic heterocycles. The van der Waals surface area contributed by atoms with Crippen LogP contribution >= 0.6 is 43.2 Å². The molecule has 0 N–H and O–H groups in total. The topological polar surface area (TPSA) is 23.8 Å². The van der Waals surface area contributed by atoms with E-state index in [9.17, 15) is 0 Å². The second kappa shape index (κ2) is 4.01. The monoisotopic (exact) mass is 329 g/mol. The second-order valence-corrected chi connectivity index (χ2v) is 5.12. The Hall–Kier alpha value is -0.370. The summed E-state index contributed by atoms with van der Waals surface area (Å²) < 4.78 is 2.07. The van der Waals surface area contributed by atoms with Gasteiger partial charge in [-0.05, 0) is 28.5 Å². The molecule has 4 heteroatoms.